The average molecular weight is 391 g/mol. The molecule has 1 N–H and O–H groups in total. The van der Waals surface area contributed by atoms with Gasteiger partial charge in [0.25, 0.3) is 0 Å². The van der Waals surface area contributed by atoms with Crippen molar-refractivity contribution in [3.8, 4) is 11.4 Å². The van der Waals surface area contributed by atoms with Gasteiger partial charge in [0.2, 0.25) is 5.91 Å². The molecular weight excluding hydrogens is 371 g/mol. The van der Waals surface area contributed by atoms with Gasteiger partial charge in [-0.3, -0.25) is 4.79 Å². The van der Waals surface area contributed by atoms with E-state index >= 15 is 0 Å². The topological polar surface area (TPSA) is 59.8 Å². The first-order valence-corrected chi connectivity index (χ1v) is 9.97. The van der Waals surface area contributed by atoms with Crippen molar-refractivity contribution >= 4 is 34.7 Å². The number of aromatic nitrogens is 3. The Bertz CT molecular complexity index is 902. The quantitative estimate of drug-likeness (QED) is 0.628. The van der Waals surface area contributed by atoms with Crippen molar-refractivity contribution in [2.75, 3.05) is 11.1 Å². The van der Waals surface area contributed by atoms with E-state index in [1.165, 1.54) is 40.9 Å². The first-order valence-electron chi connectivity index (χ1n) is 8.10. The lowest BCUT2D eigenvalue weighted by molar-refractivity contribution is -0.113. The highest BCUT2D eigenvalue weighted by atomic mass is 32.2. The molecule has 0 aliphatic heterocycles. The molecule has 3 aromatic rings. The van der Waals surface area contributed by atoms with Crippen LogP contribution in [0, 0.1) is 5.82 Å². The van der Waals surface area contributed by atoms with Crippen molar-refractivity contribution < 1.29 is 9.18 Å². The molecule has 0 atom stereocenters. The molecule has 2 aromatic heterocycles. The zero-order valence-corrected chi connectivity index (χ0v) is 16.3. The number of hydrogen-bond acceptors (Lipinski definition) is 5. The predicted octanol–water partition coefficient (Wildman–Crippen LogP) is 4.54. The molecule has 1 amide bonds. The molecular formula is C18H19FN4OS2. The third-order valence-corrected chi connectivity index (χ3v) is 6.00. The Labute approximate surface area is 159 Å². The highest BCUT2D eigenvalue weighted by molar-refractivity contribution is 7.99. The molecule has 0 spiro atoms. The summed E-state index contributed by atoms with van der Waals surface area (Å²) in [4.78, 5) is 13.4. The minimum Gasteiger partial charge on any atom is -0.325 e. The van der Waals surface area contributed by atoms with Crippen molar-refractivity contribution in [3.63, 3.8) is 0 Å². The Balaban J connectivity index is 1.62. The van der Waals surface area contributed by atoms with Crippen LogP contribution < -0.4 is 5.32 Å². The number of nitrogens with zero attached hydrogens (tertiary/aromatic N) is 3. The number of halogens is 1. The highest BCUT2D eigenvalue weighted by Crippen LogP contribution is 2.30. The molecule has 0 saturated heterocycles. The molecule has 26 heavy (non-hydrogen) atoms. The number of carbonyl (C=O) groups is 1. The first-order chi connectivity index (χ1) is 12.4. The van der Waals surface area contributed by atoms with Crippen LogP contribution in [0.1, 0.15) is 24.6 Å². The second-order valence-electron chi connectivity index (χ2n) is 6.10. The number of thiophene rings is 1. The number of thioether (sulfide) groups is 1. The molecule has 2 heterocycles. The van der Waals surface area contributed by atoms with Gasteiger partial charge in [-0.15, -0.1) is 21.5 Å². The van der Waals surface area contributed by atoms with Gasteiger partial charge in [-0.2, -0.15) is 0 Å². The van der Waals surface area contributed by atoms with E-state index in [0.29, 0.717) is 16.8 Å². The van der Waals surface area contributed by atoms with E-state index in [1.807, 2.05) is 11.6 Å². The van der Waals surface area contributed by atoms with Crippen LogP contribution in [0.15, 0.2) is 40.9 Å². The van der Waals surface area contributed by atoms with Gasteiger partial charge < -0.3 is 9.88 Å². The van der Waals surface area contributed by atoms with Crippen molar-refractivity contribution in [1.29, 1.82) is 0 Å². The highest BCUT2D eigenvalue weighted by Gasteiger charge is 2.15. The Morgan fingerprint density at radius 2 is 2.04 bits per heavy atom. The minimum absolute atomic E-state index is 0.177. The van der Waals surface area contributed by atoms with Crippen LogP contribution in [0.25, 0.3) is 11.4 Å². The fourth-order valence-corrected chi connectivity index (χ4v) is 3.94. The standard InChI is InChI=1S/C18H19FN4OS2/c1-11(2)15-8-12(9-25-15)17-21-22-18(23(17)3)26-10-16(24)20-14-6-4-13(19)5-7-14/h4-9,11H,10H2,1-3H3,(H,20,24). The lowest BCUT2D eigenvalue weighted by atomic mass is 10.1. The molecule has 0 aliphatic carbocycles. The van der Waals surface area contributed by atoms with Crippen LogP contribution in [0.3, 0.4) is 0 Å². The Hall–Kier alpha value is -2.19. The molecule has 0 unspecified atom stereocenters. The maximum absolute atomic E-state index is 12.9. The van der Waals surface area contributed by atoms with E-state index in [2.05, 4.69) is 40.8 Å². The lowest BCUT2D eigenvalue weighted by Crippen LogP contribution is -2.14. The van der Waals surface area contributed by atoms with E-state index < -0.39 is 0 Å². The summed E-state index contributed by atoms with van der Waals surface area (Å²) in [6.45, 7) is 4.32. The molecule has 0 saturated carbocycles. The summed E-state index contributed by atoms with van der Waals surface area (Å²) in [5.41, 5.74) is 1.60. The molecule has 0 bridgehead atoms. The van der Waals surface area contributed by atoms with Crippen LogP contribution in [0.4, 0.5) is 10.1 Å². The predicted molar refractivity (Wildman–Crippen MR) is 104 cm³/mol. The van der Waals surface area contributed by atoms with Crippen LogP contribution in [0.2, 0.25) is 0 Å². The molecule has 0 radical (unpaired) electrons. The van der Waals surface area contributed by atoms with E-state index in [-0.39, 0.29) is 17.5 Å². The zero-order valence-electron chi connectivity index (χ0n) is 14.7. The third-order valence-electron chi connectivity index (χ3n) is 3.74. The van der Waals surface area contributed by atoms with Crippen LogP contribution in [-0.4, -0.2) is 26.4 Å². The summed E-state index contributed by atoms with van der Waals surface area (Å²) < 4.78 is 14.8. The third kappa shape index (κ3) is 4.31. The number of nitrogens with one attached hydrogen (secondary N) is 1. The van der Waals surface area contributed by atoms with Gasteiger partial charge >= 0.3 is 0 Å². The van der Waals surface area contributed by atoms with Crippen molar-refractivity contribution in [2.24, 2.45) is 7.05 Å². The normalized spacial score (nSPS) is 11.1. The van der Waals surface area contributed by atoms with E-state index in [0.717, 1.165) is 11.4 Å². The number of carbonyl (C=O) groups excluding carboxylic acids is 1. The van der Waals surface area contributed by atoms with Crippen LogP contribution >= 0.6 is 23.1 Å². The van der Waals surface area contributed by atoms with Gasteiger partial charge in [0.1, 0.15) is 5.82 Å². The average Bonchev–Trinajstić information content (AvgIpc) is 3.22. The summed E-state index contributed by atoms with van der Waals surface area (Å²) in [7, 11) is 1.89. The second-order valence-corrected chi connectivity index (χ2v) is 7.99. The number of amides is 1. The van der Waals surface area contributed by atoms with Gasteiger partial charge in [0.15, 0.2) is 11.0 Å². The summed E-state index contributed by atoms with van der Waals surface area (Å²) in [6, 6.07) is 7.81. The Morgan fingerprint density at radius 1 is 1.31 bits per heavy atom. The first kappa shape index (κ1) is 18.6. The molecule has 0 aliphatic rings. The molecule has 3 rings (SSSR count). The Morgan fingerprint density at radius 3 is 2.69 bits per heavy atom. The summed E-state index contributed by atoms with van der Waals surface area (Å²) in [5, 5.41) is 13.9. The van der Waals surface area contributed by atoms with E-state index in [9.17, 15) is 9.18 Å². The number of anilines is 1. The summed E-state index contributed by atoms with van der Waals surface area (Å²) >= 11 is 3.02. The van der Waals surface area contributed by atoms with Gasteiger partial charge in [0, 0.05) is 28.6 Å². The monoisotopic (exact) mass is 390 g/mol. The van der Waals surface area contributed by atoms with Crippen LogP contribution in [0.5, 0.6) is 0 Å². The lowest BCUT2D eigenvalue weighted by Gasteiger charge is -2.05. The number of hydrogen-bond donors (Lipinski definition) is 1. The molecule has 136 valence electrons. The maximum atomic E-state index is 12.9. The number of benzene rings is 1. The summed E-state index contributed by atoms with van der Waals surface area (Å²) in [5.74, 6) is 0.951. The van der Waals surface area contributed by atoms with E-state index in [1.54, 1.807) is 11.3 Å². The molecule has 1 aromatic carbocycles. The van der Waals surface area contributed by atoms with Crippen molar-refractivity contribution in [3.05, 3.63) is 46.4 Å². The molecule has 0 fully saturated rings. The fraction of sp³-hybridized carbons (Fsp3) is 0.278. The van der Waals surface area contributed by atoms with Crippen molar-refractivity contribution in [2.45, 2.75) is 24.9 Å². The van der Waals surface area contributed by atoms with Gasteiger partial charge in [-0.05, 0) is 36.2 Å². The van der Waals surface area contributed by atoms with Crippen LogP contribution in [-0.2, 0) is 11.8 Å². The number of rotatable bonds is 6. The SMILES string of the molecule is CC(C)c1cc(-c2nnc(SCC(=O)Nc3ccc(F)cc3)n2C)cs1. The van der Waals surface area contributed by atoms with Gasteiger partial charge in [-0.25, -0.2) is 4.39 Å². The second kappa shape index (κ2) is 8.01. The molecule has 5 nitrogen and oxygen atoms in total. The van der Waals surface area contributed by atoms with Gasteiger partial charge in [0.05, 0.1) is 5.75 Å². The maximum Gasteiger partial charge on any atom is 0.234 e. The Kier molecular flexibility index (Phi) is 5.73. The summed E-state index contributed by atoms with van der Waals surface area (Å²) in [6.07, 6.45) is 0. The smallest absolute Gasteiger partial charge is 0.234 e. The molecule has 8 heteroatoms. The zero-order chi connectivity index (χ0) is 18.7. The van der Waals surface area contributed by atoms with Crippen molar-refractivity contribution in [1.82, 2.24) is 14.8 Å². The fourth-order valence-electron chi connectivity index (χ4n) is 2.33. The van der Waals surface area contributed by atoms with E-state index in [4.69, 9.17) is 0 Å². The minimum atomic E-state index is -0.335. The largest absolute Gasteiger partial charge is 0.325 e. The van der Waals surface area contributed by atoms with Gasteiger partial charge in [-0.1, -0.05) is 25.6 Å².